The zero-order valence-electron chi connectivity index (χ0n) is 13.5. The summed E-state index contributed by atoms with van der Waals surface area (Å²) in [4.78, 5) is 11.2. The third-order valence-corrected chi connectivity index (χ3v) is 3.86. The predicted octanol–water partition coefficient (Wildman–Crippen LogP) is 2.11. The molecule has 0 radical (unpaired) electrons. The van der Waals surface area contributed by atoms with E-state index in [1.165, 1.54) is 12.8 Å². The van der Waals surface area contributed by atoms with E-state index in [1.54, 1.807) is 0 Å². The molecular weight excluding hydrogens is 264 g/mol. The first kappa shape index (κ1) is 16.2. The van der Waals surface area contributed by atoms with Crippen molar-refractivity contribution in [3.05, 3.63) is 18.0 Å². The van der Waals surface area contributed by atoms with Gasteiger partial charge in [-0.15, -0.1) is 0 Å². The molecule has 0 spiro atoms. The fourth-order valence-corrected chi connectivity index (χ4v) is 2.59. The van der Waals surface area contributed by atoms with Crippen LogP contribution in [0.25, 0.3) is 0 Å². The summed E-state index contributed by atoms with van der Waals surface area (Å²) in [5.41, 5.74) is 1.18. The van der Waals surface area contributed by atoms with Crippen molar-refractivity contribution in [3.8, 4) is 0 Å². The second-order valence-corrected chi connectivity index (χ2v) is 6.87. The first-order chi connectivity index (χ1) is 9.99. The number of anilines is 1. The summed E-state index contributed by atoms with van der Waals surface area (Å²) >= 11 is 0. The van der Waals surface area contributed by atoms with Crippen molar-refractivity contribution in [3.63, 3.8) is 0 Å². The lowest BCUT2D eigenvalue weighted by atomic mass is 10.1. The van der Waals surface area contributed by atoms with Crippen molar-refractivity contribution in [2.24, 2.45) is 0 Å². The highest BCUT2D eigenvalue weighted by molar-refractivity contribution is 5.32. The summed E-state index contributed by atoms with van der Waals surface area (Å²) in [5, 5.41) is 13.0. The van der Waals surface area contributed by atoms with Crippen LogP contribution in [0, 0.1) is 0 Å². The molecule has 5 nitrogen and oxygen atoms in total. The summed E-state index contributed by atoms with van der Waals surface area (Å²) in [6.07, 6.45) is 8.34. The molecule has 0 amide bonds. The normalized spacial score (nSPS) is 20.4. The minimum Gasteiger partial charge on any atom is -0.394 e. The van der Waals surface area contributed by atoms with Crippen LogP contribution in [0.2, 0.25) is 0 Å². The standard InChI is InChI=1S/C16H28N4O/c1-16(2,3)19-11-13-9-17-15(18-10-13)20-8-6-4-5-7-14(20)12-21/h9-10,14,19,21H,4-8,11-12H2,1-3H3. The van der Waals surface area contributed by atoms with E-state index < -0.39 is 0 Å². The summed E-state index contributed by atoms with van der Waals surface area (Å²) in [6, 6.07) is 0.158. The van der Waals surface area contributed by atoms with Gasteiger partial charge in [-0.1, -0.05) is 12.8 Å². The summed E-state index contributed by atoms with van der Waals surface area (Å²) in [5.74, 6) is 0.746. The van der Waals surface area contributed by atoms with Gasteiger partial charge in [0.05, 0.1) is 12.6 Å². The third kappa shape index (κ3) is 4.93. The molecule has 1 aliphatic rings. The van der Waals surface area contributed by atoms with Gasteiger partial charge in [-0.05, 0) is 33.6 Å². The molecule has 1 aromatic rings. The molecule has 5 heteroatoms. The van der Waals surface area contributed by atoms with Gasteiger partial charge >= 0.3 is 0 Å². The van der Waals surface area contributed by atoms with Gasteiger partial charge in [-0.3, -0.25) is 0 Å². The molecule has 1 unspecified atom stereocenters. The van der Waals surface area contributed by atoms with Crippen LogP contribution < -0.4 is 10.2 Å². The van der Waals surface area contributed by atoms with Gasteiger partial charge in [-0.25, -0.2) is 9.97 Å². The van der Waals surface area contributed by atoms with E-state index in [1.807, 2.05) is 12.4 Å². The Morgan fingerprint density at radius 3 is 2.57 bits per heavy atom. The van der Waals surface area contributed by atoms with Crippen LogP contribution in [-0.2, 0) is 6.54 Å². The van der Waals surface area contributed by atoms with Crippen molar-refractivity contribution in [2.45, 2.75) is 64.6 Å². The minimum absolute atomic E-state index is 0.0887. The van der Waals surface area contributed by atoms with Crippen LogP contribution in [0.5, 0.6) is 0 Å². The molecular formula is C16H28N4O. The van der Waals surface area contributed by atoms with Gasteiger partial charge in [0.15, 0.2) is 0 Å². The van der Waals surface area contributed by atoms with E-state index in [0.29, 0.717) is 0 Å². The van der Waals surface area contributed by atoms with Crippen LogP contribution in [0.3, 0.4) is 0 Å². The highest BCUT2D eigenvalue weighted by Gasteiger charge is 2.22. The van der Waals surface area contributed by atoms with Crippen molar-refractivity contribution in [2.75, 3.05) is 18.1 Å². The SMILES string of the molecule is CC(C)(C)NCc1cnc(N2CCCCCC2CO)nc1. The average Bonchev–Trinajstić information content (AvgIpc) is 2.70. The minimum atomic E-state index is 0.0887. The molecule has 21 heavy (non-hydrogen) atoms. The largest absolute Gasteiger partial charge is 0.394 e. The zero-order valence-corrected chi connectivity index (χ0v) is 13.5. The van der Waals surface area contributed by atoms with Gasteiger partial charge in [0.1, 0.15) is 0 Å². The molecule has 1 aromatic heterocycles. The maximum absolute atomic E-state index is 9.57. The van der Waals surface area contributed by atoms with Gasteiger partial charge in [0.25, 0.3) is 0 Å². The van der Waals surface area contributed by atoms with Gasteiger partial charge in [0, 0.05) is 36.6 Å². The Balaban J connectivity index is 2.03. The zero-order chi connectivity index (χ0) is 15.3. The van der Waals surface area contributed by atoms with E-state index in [9.17, 15) is 5.11 Å². The maximum Gasteiger partial charge on any atom is 0.225 e. The Bertz CT molecular complexity index is 427. The topological polar surface area (TPSA) is 61.3 Å². The van der Waals surface area contributed by atoms with Crippen LogP contribution in [0.4, 0.5) is 5.95 Å². The maximum atomic E-state index is 9.57. The molecule has 0 bridgehead atoms. The van der Waals surface area contributed by atoms with E-state index >= 15 is 0 Å². The van der Waals surface area contributed by atoms with E-state index in [-0.39, 0.29) is 18.2 Å². The van der Waals surface area contributed by atoms with E-state index in [4.69, 9.17) is 0 Å². The molecule has 1 atom stereocenters. The van der Waals surface area contributed by atoms with Gasteiger partial charge < -0.3 is 15.3 Å². The number of aliphatic hydroxyl groups is 1. The summed E-state index contributed by atoms with van der Waals surface area (Å²) in [7, 11) is 0. The molecule has 0 aromatic carbocycles. The summed E-state index contributed by atoms with van der Waals surface area (Å²) < 4.78 is 0. The molecule has 118 valence electrons. The number of hydrogen-bond donors (Lipinski definition) is 2. The van der Waals surface area contributed by atoms with Crippen molar-refractivity contribution in [1.29, 1.82) is 0 Å². The summed E-state index contributed by atoms with van der Waals surface area (Å²) in [6.45, 7) is 8.32. The number of hydrogen-bond acceptors (Lipinski definition) is 5. The molecule has 0 aliphatic carbocycles. The number of aliphatic hydroxyl groups excluding tert-OH is 1. The molecule has 2 N–H and O–H groups in total. The van der Waals surface area contributed by atoms with Crippen molar-refractivity contribution >= 4 is 5.95 Å². The predicted molar refractivity (Wildman–Crippen MR) is 85.3 cm³/mol. The average molecular weight is 292 g/mol. The molecule has 2 heterocycles. The number of nitrogens with zero attached hydrogens (tertiary/aromatic N) is 3. The quantitative estimate of drug-likeness (QED) is 0.890. The molecule has 0 saturated carbocycles. The van der Waals surface area contributed by atoms with Gasteiger partial charge in [-0.2, -0.15) is 0 Å². The number of rotatable bonds is 4. The molecule has 1 fully saturated rings. The van der Waals surface area contributed by atoms with Crippen LogP contribution in [0.1, 0.15) is 52.0 Å². The van der Waals surface area contributed by atoms with Crippen molar-refractivity contribution < 1.29 is 5.11 Å². The lowest BCUT2D eigenvalue weighted by Gasteiger charge is -2.28. The second kappa shape index (κ2) is 7.18. The second-order valence-electron chi connectivity index (χ2n) is 6.87. The Kier molecular flexibility index (Phi) is 5.53. The van der Waals surface area contributed by atoms with E-state index in [2.05, 4.69) is 41.0 Å². The Morgan fingerprint density at radius 1 is 1.24 bits per heavy atom. The smallest absolute Gasteiger partial charge is 0.225 e. The number of nitrogens with one attached hydrogen (secondary N) is 1. The molecule has 2 rings (SSSR count). The Morgan fingerprint density at radius 2 is 1.95 bits per heavy atom. The van der Waals surface area contributed by atoms with Crippen LogP contribution in [-0.4, -0.2) is 39.8 Å². The lowest BCUT2D eigenvalue weighted by molar-refractivity contribution is 0.254. The highest BCUT2D eigenvalue weighted by Crippen LogP contribution is 2.20. The monoisotopic (exact) mass is 292 g/mol. The van der Waals surface area contributed by atoms with E-state index in [0.717, 1.165) is 37.4 Å². The molecule has 1 aliphatic heterocycles. The first-order valence-electron chi connectivity index (χ1n) is 7.93. The molecule has 1 saturated heterocycles. The highest BCUT2D eigenvalue weighted by atomic mass is 16.3. The van der Waals surface area contributed by atoms with Crippen LogP contribution >= 0.6 is 0 Å². The third-order valence-electron chi connectivity index (χ3n) is 3.86. The number of aromatic nitrogens is 2. The Labute approximate surface area is 127 Å². The first-order valence-corrected chi connectivity index (χ1v) is 7.93. The Hall–Kier alpha value is -1.20. The van der Waals surface area contributed by atoms with Crippen LogP contribution in [0.15, 0.2) is 12.4 Å². The fourth-order valence-electron chi connectivity index (χ4n) is 2.59. The lowest BCUT2D eigenvalue weighted by Crippen LogP contribution is -2.39. The van der Waals surface area contributed by atoms with Crippen molar-refractivity contribution in [1.82, 2.24) is 15.3 Å². The van der Waals surface area contributed by atoms with Gasteiger partial charge in [0.2, 0.25) is 5.95 Å². The fraction of sp³-hybridized carbons (Fsp3) is 0.750.